The first kappa shape index (κ1) is 28.6. The van der Waals surface area contributed by atoms with E-state index in [1.807, 2.05) is 24.3 Å². The number of primary amides is 1. The zero-order valence-corrected chi connectivity index (χ0v) is 21.6. The number of hydrogen-bond donors (Lipinski definition) is 3. The van der Waals surface area contributed by atoms with Gasteiger partial charge in [0.25, 0.3) is 0 Å². The molecule has 0 spiro atoms. The smallest absolute Gasteiger partial charge is 0.333 e. The fourth-order valence-corrected chi connectivity index (χ4v) is 5.34. The predicted molar refractivity (Wildman–Crippen MR) is 138 cm³/mol. The number of carbonyl (C=O) groups excluding carboxylic acids is 1. The number of rotatable bonds is 15. The average Bonchev–Trinajstić information content (AvgIpc) is 3.66. The molecule has 4 N–H and O–H groups in total. The van der Waals surface area contributed by atoms with Crippen molar-refractivity contribution >= 4 is 12.0 Å². The molecule has 0 heterocycles. The molecule has 2 aromatic rings. The van der Waals surface area contributed by atoms with Crippen molar-refractivity contribution in [2.24, 2.45) is 5.73 Å². The number of hydrogen-bond acceptors (Lipinski definition) is 3. The maximum atomic E-state index is 14.6. The molecular formula is C29H38F2N2O4. The number of carboxylic acid groups (broad SMARTS) is 1. The summed E-state index contributed by atoms with van der Waals surface area (Å²) >= 11 is 0. The summed E-state index contributed by atoms with van der Waals surface area (Å²) in [5, 5.41) is 12.3. The van der Waals surface area contributed by atoms with Gasteiger partial charge < -0.3 is 20.9 Å². The van der Waals surface area contributed by atoms with E-state index in [9.17, 15) is 23.5 Å². The number of halogens is 2. The van der Waals surface area contributed by atoms with Gasteiger partial charge in [-0.05, 0) is 67.7 Å². The second-order valence-electron chi connectivity index (χ2n) is 9.98. The minimum Gasteiger partial charge on any atom is -0.479 e. The summed E-state index contributed by atoms with van der Waals surface area (Å²) in [6.07, 6.45) is 4.99. The van der Waals surface area contributed by atoms with E-state index in [1.54, 1.807) is 6.92 Å². The van der Waals surface area contributed by atoms with Crippen molar-refractivity contribution in [1.29, 1.82) is 0 Å². The molecule has 1 aliphatic carbocycles. The highest BCUT2D eigenvalue weighted by atomic mass is 19.1. The van der Waals surface area contributed by atoms with E-state index in [-0.39, 0.29) is 23.8 Å². The molecule has 3 unspecified atom stereocenters. The Morgan fingerprint density at radius 2 is 1.78 bits per heavy atom. The molecule has 6 nitrogen and oxygen atoms in total. The first-order chi connectivity index (χ1) is 17.7. The van der Waals surface area contributed by atoms with Crippen LogP contribution in [0.2, 0.25) is 0 Å². The van der Waals surface area contributed by atoms with Crippen molar-refractivity contribution in [2.75, 3.05) is 6.61 Å². The quantitative estimate of drug-likeness (QED) is 0.278. The average molecular weight is 517 g/mol. The normalized spacial score (nSPS) is 16.5. The number of carboxylic acids is 1. The number of unbranched alkanes of at least 4 members (excludes halogenated alkanes) is 1. The highest BCUT2D eigenvalue weighted by molar-refractivity contribution is 5.73. The first-order valence-electron chi connectivity index (χ1n) is 13.1. The van der Waals surface area contributed by atoms with Crippen molar-refractivity contribution in [3.8, 4) is 0 Å². The van der Waals surface area contributed by atoms with Gasteiger partial charge in [0, 0.05) is 30.6 Å². The molecule has 0 radical (unpaired) electrons. The summed E-state index contributed by atoms with van der Waals surface area (Å²) in [6.45, 7) is 4.16. The van der Waals surface area contributed by atoms with Gasteiger partial charge in [0.1, 0.15) is 11.6 Å². The Hall–Kier alpha value is -3.00. The summed E-state index contributed by atoms with van der Waals surface area (Å²) < 4.78 is 33.5. The molecule has 1 saturated carbocycles. The van der Waals surface area contributed by atoms with Gasteiger partial charge in [-0.1, -0.05) is 50.1 Å². The van der Waals surface area contributed by atoms with Crippen LogP contribution in [-0.2, 0) is 21.4 Å². The van der Waals surface area contributed by atoms with Crippen LogP contribution in [0.5, 0.6) is 0 Å². The van der Waals surface area contributed by atoms with Gasteiger partial charge in [0.2, 0.25) is 0 Å². The number of ether oxygens (including phenoxy) is 1. The van der Waals surface area contributed by atoms with E-state index in [0.29, 0.717) is 25.0 Å². The van der Waals surface area contributed by atoms with Crippen molar-refractivity contribution in [2.45, 2.75) is 88.7 Å². The van der Waals surface area contributed by atoms with Crippen LogP contribution >= 0.6 is 0 Å². The zero-order chi connectivity index (χ0) is 27.0. The summed E-state index contributed by atoms with van der Waals surface area (Å²) in [5.41, 5.74) is 7.68. The molecular weight excluding hydrogens is 478 g/mol. The molecule has 0 bridgehead atoms. The zero-order valence-electron chi connectivity index (χ0n) is 21.6. The number of carbonyl (C=O) groups is 2. The monoisotopic (exact) mass is 516 g/mol. The van der Waals surface area contributed by atoms with Crippen LogP contribution in [0.4, 0.5) is 13.6 Å². The fourth-order valence-electron chi connectivity index (χ4n) is 5.34. The third kappa shape index (κ3) is 7.51. The molecule has 0 saturated heterocycles. The lowest BCUT2D eigenvalue weighted by Crippen LogP contribution is -2.46. The Labute approximate surface area is 217 Å². The van der Waals surface area contributed by atoms with Crippen LogP contribution in [0, 0.1) is 11.6 Å². The summed E-state index contributed by atoms with van der Waals surface area (Å²) in [4.78, 5) is 23.4. The van der Waals surface area contributed by atoms with Crippen molar-refractivity contribution < 1.29 is 28.2 Å². The third-order valence-corrected chi connectivity index (χ3v) is 7.48. The molecule has 202 valence electrons. The van der Waals surface area contributed by atoms with E-state index in [0.717, 1.165) is 49.3 Å². The van der Waals surface area contributed by atoms with Gasteiger partial charge in [-0.3, -0.25) is 0 Å². The molecule has 3 atom stereocenters. The second kappa shape index (κ2) is 13.0. The Bertz CT molecular complexity index is 1060. The van der Waals surface area contributed by atoms with Gasteiger partial charge in [0.15, 0.2) is 6.10 Å². The van der Waals surface area contributed by atoms with Crippen LogP contribution in [0.3, 0.4) is 0 Å². The summed E-state index contributed by atoms with van der Waals surface area (Å²) in [6, 6.07) is 10.7. The molecule has 1 fully saturated rings. The number of benzene rings is 2. The standard InChI is InChI=1S/C29H38F2N2O4/c1-3-5-6-20(23-13-12-22(30)18-24(23)31)9-14-26(33-28(32)36)29(15-16-29)21-10-7-19(8-11-21)17-25(27(34)35)37-4-2/h7-8,10-13,18,20,25-26H,3-6,9,14-17H2,1-2H3,(H,34,35)(H3,32,33,36). The predicted octanol–water partition coefficient (Wildman–Crippen LogP) is 5.82. The van der Waals surface area contributed by atoms with Crippen LogP contribution in [0.15, 0.2) is 42.5 Å². The van der Waals surface area contributed by atoms with Crippen molar-refractivity contribution in [3.63, 3.8) is 0 Å². The van der Waals surface area contributed by atoms with E-state index >= 15 is 0 Å². The molecule has 3 rings (SSSR count). The maximum absolute atomic E-state index is 14.6. The fraction of sp³-hybridized carbons (Fsp3) is 0.517. The minimum absolute atomic E-state index is 0.0950. The Balaban J connectivity index is 1.78. The first-order valence-corrected chi connectivity index (χ1v) is 13.1. The van der Waals surface area contributed by atoms with Crippen LogP contribution in [-0.4, -0.2) is 35.9 Å². The highest BCUT2D eigenvalue weighted by Crippen LogP contribution is 2.52. The van der Waals surface area contributed by atoms with E-state index in [1.165, 1.54) is 12.1 Å². The molecule has 2 amide bonds. The van der Waals surface area contributed by atoms with E-state index in [4.69, 9.17) is 10.5 Å². The van der Waals surface area contributed by atoms with E-state index in [2.05, 4.69) is 12.2 Å². The minimum atomic E-state index is -0.995. The highest BCUT2D eigenvalue weighted by Gasteiger charge is 2.51. The maximum Gasteiger partial charge on any atom is 0.333 e. The topological polar surface area (TPSA) is 102 Å². The van der Waals surface area contributed by atoms with Gasteiger partial charge in [-0.2, -0.15) is 0 Å². The molecule has 0 aliphatic heterocycles. The van der Waals surface area contributed by atoms with Gasteiger partial charge in [0.05, 0.1) is 0 Å². The Kier molecular flexibility index (Phi) is 10.0. The van der Waals surface area contributed by atoms with Crippen LogP contribution in [0.25, 0.3) is 0 Å². The molecule has 37 heavy (non-hydrogen) atoms. The van der Waals surface area contributed by atoms with Gasteiger partial charge in [-0.25, -0.2) is 18.4 Å². The van der Waals surface area contributed by atoms with Crippen LogP contribution in [0.1, 0.15) is 81.4 Å². The number of nitrogens with one attached hydrogen (secondary N) is 1. The molecule has 2 aromatic carbocycles. The Morgan fingerprint density at radius 3 is 2.32 bits per heavy atom. The third-order valence-electron chi connectivity index (χ3n) is 7.48. The van der Waals surface area contributed by atoms with E-state index < -0.39 is 29.7 Å². The van der Waals surface area contributed by atoms with Gasteiger partial charge in [-0.15, -0.1) is 0 Å². The van der Waals surface area contributed by atoms with Gasteiger partial charge >= 0.3 is 12.0 Å². The second-order valence-corrected chi connectivity index (χ2v) is 9.98. The largest absolute Gasteiger partial charge is 0.479 e. The number of nitrogens with two attached hydrogens (primary N) is 1. The van der Waals surface area contributed by atoms with Crippen LogP contribution < -0.4 is 11.1 Å². The number of aliphatic carboxylic acids is 1. The summed E-state index contributed by atoms with van der Waals surface area (Å²) in [5.74, 6) is -2.23. The number of amides is 2. The lowest BCUT2D eigenvalue weighted by molar-refractivity contribution is -0.149. The Morgan fingerprint density at radius 1 is 1.08 bits per heavy atom. The molecule has 1 aliphatic rings. The lowest BCUT2D eigenvalue weighted by atomic mass is 9.81. The van der Waals surface area contributed by atoms with Crippen molar-refractivity contribution in [3.05, 3.63) is 70.8 Å². The lowest BCUT2D eigenvalue weighted by Gasteiger charge is -2.30. The van der Waals surface area contributed by atoms with Crippen molar-refractivity contribution in [1.82, 2.24) is 5.32 Å². The summed E-state index contributed by atoms with van der Waals surface area (Å²) in [7, 11) is 0. The molecule has 0 aromatic heterocycles. The molecule has 8 heteroatoms. The SMILES string of the molecule is CCCCC(CCC(NC(N)=O)C1(c2ccc(CC(OCC)C(=O)O)cc2)CC1)c1ccc(F)cc1F. The number of urea groups is 1.